The van der Waals surface area contributed by atoms with E-state index in [4.69, 9.17) is 4.74 Å². The largest absolute Gasteiger partial charge is 0.390 e. The van der Waals surface area contributed by atoms with E-state index in [1.165, 1.54) is 16.7 Å². The number of aliphatic hydroxyl groups is 4. The highest BCUT2D eigenvalue weighted by Gasteiger charge is 2.46. The second-order valence-corrected chi connectivity index (χ2v) is 12.1. The smallest absolute Gasteiger partial charge is 0.0918 e. The first kappa shape index (κ1) is 32.0. The summed E-state index contributed by atoms with van der Waals surface area (Å²) in [5, 5.41) is 42.4. The average Bonchev–Trinajstić information content (AvgIpc) is 3.15. The molecule has 1 aliphatic rings. The van der Waals surface area contributed by atoms with Crippen LogP contribution in [0.15, 0.2) is 34.9 Å². The molecule has 4 N–H and O–H groups in total. The van der Waals surface area contributed by atoms with Crippen molar-refractivity contribution in [2.24, 2.45) is 0 Å². The maximum Gasteiger partial charge on any atom is 0.0918 e. The number of hydrogen-bond donors (Lipinski definition) is 4. The lowest BCUT2D eigenvalue weighted by Crippen LogP contribution is -2.45. The third-order valence-corrected chi connectivity index (χ3v) is 7.50. The molecule has 1 rings (SSSR count). The van der Waals surface area contributed by atoms with E-state index in [1.807, 2.05) is 6.92 Å². The minimum Gasteiger partial charge on any atom is -0.390 e. The summed E-state index contributed by atoms with van der Waals surface area (Å²) in [5.74, 6) is 0. The molecule has 0 radical (unpaired) electrons. The van der Waals surface area contributed by atoms with Crippen LogP contribution in [0.25, 0.3) is 0 Å². The highest BCUT2D eigenvalue weighted by Crippen LogP contribution is 2.39. The Morgan fingerprint density at radius 3 is 1.97 bits per heavy atom. The molecular formula is C30H54O5. The van der Waals surface area contributed by atoms with E-state index in [-0.39, 0.29) is 12.5 Å². The van der Waals surface area contributed by atoms with E-state index in [1.54, 1.807) is 20.8 Å². The fourth-order valence-corrected chi connectivity index (χ4v) is 4.64. The lowest BCUT2D eigenvalue weighted by molar-refractivity contribution is -0.158. The molecule has 0 aromatic carbocycles. The van der Waals surface area contributed by atoms with Crippen molar-refractivity contribution in [3.8, 4) is 0 Å². The highest BCUT2D eigenvalue weighted by atomic mass is 16.5. The van der Waals surface area contributed by atoms with Crippen LogP contribution >= 0.6 is 0 Å². The van der Waals surface area contributed by atoms with E-state index in [0.717, 1.165) is 25.7 Å². The van der Waals surface area contributed by atoms with Gasteiger partial charge in [-0.15, -0.1) is 0 Å². The predicted molar refractivity (Wildman–Crippen MR) is 145 cm³/mol. The summed E-state index contributed by atoms with van der Waals surface area (Å²) < 4.78 is 6.01. The monoisotopic (exact) mass is 494 g/mol. The quantitative estimate of drug-likeness (QED) is 0.205. The third-order valence-electron chi connectivity index (χ3n) is 7.50. The maximum atomic E-state index is 10.8. The number of aliphatic hydroxyl groups excluding tert-OH is 2. The molecule has 0 aromatic heterocycles. The number of ether oxygens (including phenoxy) is 1. The highest BCUT2D eigenvalue weighted by molar-refractivity contribution is 5.05. The Hall–Kier alpha value is -0.980. The number of rotatable bonds is 15. The van der Waals surface area contributed by atoms with E-state index < -0.39 is 29.0 Å². The topological polar surface area (TPSA) is 90.2 Å². The van der Waals surface area contributed by atoms with Crippen LogP contribution < -0.4 is 0 Å². The van der Waals surface area contributed by atoms with E-state index >= 15 is 0 Å². The van der Waals surface area contributed by atoms with Gasteiger partial charge in [0.15, 0.2) is 0 Å². The van der Waals surface area contributed by atoms with Gasteiger partial charge in [-0.3, -0.25) is 0 Å². The summed E-state index contributed by atoms with van der Waals surface area (Å²) in [7, 11) is 0. The second-order valence-electron chi connectivity index (χ2n) is 12.1. The summed E-state index contributed by atoms with van der Waals surface area (Å²) in [6.45, 7) is 15.5. The normalized spacial score (nSPS) is 25.3. The Kier molecular flexibility index (Phi) is 12.9. The molecule has 0 aromatic rings. The molecule has 0 aliphatic carbocycles. The Labute approximate surface area is 215 Å². The van der Waals surface area contributed by atoms with Gasteiger partial charge in [-0.05, 0) is 120 Å². The first-order chi connectivity index (χ1) is 16.1. The molecule has 1 heterocycles. The van der Waals surface area contributed by atoms with Crippen molar-refractivity contribution < 1.29 is 25.2 Å². The number of allylic oxidation sites excluding steroid dienone is 6. The summed E-state index contributed by atoms with van der Waals surface area (Å²) in [6, 6.07) is 0. The SMILES string of the molecule is CC(C)=CCCC(C)=CCCC(C)=CCCC(O)C(C)(O)CCC(O)C1(C)CCC(C(C)(C)O)O1. The van der Waals surface area contributed by atoms with Gasteiger partial charge in [0.1, 0.15) is 0 Å². The number of hydrogen-bond acceptors (Lipinski definition) is 5. The van der Waals surface area contributed by atoms with Crippen molar-refractivity contribution in [2.75, 3.05) is 0 Å². The fraction of sp³-hybridized carbons (Fsp3) is 0.800. The van der Waals surface area contributed by atoms with Gasteiger partial charge in [0.2, 0.25) is 0 Å². The average molecular weight is 495 g/mol. The molecule has 204 valence electrons. The van der Waals surface area contributed by atoms with Gasteiger partial charge in [-0.1, -0.05) is 34.9 Å². The van der Waals surface area contributed by atoms with Crippen LogP contribution in [0.1, 0.15) is 120 Å². The van der Waals surface area contributed by atoms with Gasteiger partial charge in [-0.25, -0.2) is 0 Å². The Morgan fingerprint density at radius 1 is 0.914 bits per heavy atom. The first-order valence-electron chi connectivity index (χ1n) is 13.5. The van der Waals surface area contributed by atoms with Crippen molar-refractivity contribution in [1.82, 2.24) is 0 Å². The van der Waals surface area contributed by atoms with Crippen LogP contribution in [-0.4, -0.2) is 55.5 Å². The Bertz CT molecular complexity index is 724. The molecule has 5 atom stereocenters. The Morgan fingerprint density at radius 2 is 1.46 bits per heavy atom. The van der Waals surface area contributed by atoms with Crippen LogP contribution in [0.2, 0.25) is 0 Å². The lowest BCUT2D eigenvalue weighted by atomic mass is 9.85. The van der Waals surface area contributed by atoms with Crippen molar-refractivity contribution in [2.45, 2.75) is 155 Å². The van der Waals surface area contributed by atoms with Crippen molar-refractivity contribution in [3.63, 3.8) is 0 Å². The van der Waals surface area contributed by atoms with Crippen LogP contribution in [0.4, 0.5) is 0 Å². The molecule has 0 amide bonds. The Balaban J connectivity index is 2.42. The standard InChI is InChI=1S/C30H54O5/c1-22(2)12-9-13-23(3)14-10-15-24(4)16-11-17-25(31)29(7,34)20-18-26(32)30(8)21-19-27(35-30)28(5,6)33/h12,14,16,25-27,31-34H,9-11,13,15,17-21H2,1-8H3. The van der Waals surface area contributed by atoms with Crippen LogP contribution in [0, 0.1) is 0 Å². The van der Waals surface area contributed by atoms with Gasteiger partial charge in [0.25, 0.3) is 0 Å². The minimum absolute atomic E-state index is 0.279. The summed E-state index contributed by atoms with van der Waals surface area (Å²) >= 11 is 0. The molecule has 1 fully saturated rings. The molecule has 5 nitrogen and oxygen atoms in total. The molecule has 0 saturated carbocycles. The molecule has 5 heteroatoms. The van der Waals surface area contributed by atoms with Crippen molar-refractivity contribution >= 4 is 0 Å². The van der Waals surface area contributed by atoms with Crippen LogP contribution in [0.5, 0.6) is 0 Å². The summed E-state index contributed by atoms with van der Waals surface area (Å²) in [6.07, 6.45) is 12.2. The van der Waals surface area contributed by atoms with Crippen molar-refractivity contribution in [1.29, 1.82) is 0 Å². The predicted octanol–water partition coefficient (Wildman–Crippen LogP) is 6.15. The van der Waals surface area contributed by atoms with E-state index in [9.17, 15) is 20.4 Å². The van der Waals surface area contributed by atoms with Crippen molar-refractivity contribution in [3.05, 3.63) is 34.9 Å². The molecule has 1 saturated heterocycles. The van der Waals surface area contributed by atoms with Gasteiger partial charge in [-0.2, -0.15) is 0 Å². The summed E-state index contributed by atoms with van der Waals surface area (Å²) in [4.78, 5) is 0. The zero-order chi connectivity index (χ0) is 26.9. The van der Waals surface area contributed by atoms with Crippen LogP contribution in [-0.2, 0) is 4.74 Å². The maximum absolute atomic E-state index is 10.8. The van der Waals surface area contributed by atoms with E-state index in [2.05, 4.69) is 45.9 Å². The van der Waals surface area contributed by atoms with Gasteiger partial charge >= 0.3 is 0 Å². The first-order valence-corrected chi connectivity index (χ1v) is 13.5. The van der Waals surface area contributed by atoms with Gasteiger partial charge < -0.3 is 25.2 Å². The minimum atomic E-state index is -1.28. The zero-order valence-electron chi connectivity index (χ0n) is 23.7. The molecule has 0 spiro atoms. The third kappa shape index (κ3) is 11.7. The van der Waals surface area contributed by atoms with Crippen LogP contribution in [0.3, 0.4) is 0 Å². The van der Waals surface area contributed by atoms with Gasteiger partial charge in [0, 0.05) is 0 Å². The second kappa shape index (κ2) is 14.1. The molecule has 35 heavy (non-hydrogen) atoms. The molecule has 1 aliphatic heterocycles. The van der Waals surface area contributed by atoms with Gasteiger partial charge in [0.05, 0.1) is 35.1 Å². The fourth-order valence-electron chi connectivity index (χ4n) is 4.64. The molecule has 5 unspecified atom stereocenters. The molecular weight excluding hydrogens is 440 g/mol. The zero-order valence-corrected chi connectivity index (χ0v) is 23.7. The summed E-state index contributed by atoms with van der Waals surface area (Å²) in [5.41, 5.74) is 1.12. The van der Waals surface area contributed by atoms with E-state index in [0.29, 0.717) is 32.1 Å². The lowest BCUT2D eigenvalue weighted by Gasteiger charge is -2.35. The molecule has 0 bridgehead atoms.